The lowest BCUT2D eigenvalue weighted by Gasteiger charge is -2.23. The molecule has 0 radical (unpaired) electrons. The number of carbonyl (C=O) groups is 1. The lowest BCUT2D eigenvalue weighted by Crippen LogP contribution is -2.33. The number of rotatable bonds is 6. The number of hydrogen-bond donors (Lipinski definition) is 1. The molecule has 2 heterocycles. The molecule has 0 unspecified atom stereocenters. The van der Waals surface area contributed by atoms with Crippen LogP contribution in [0, 0.1) is 5.82 Å². The summed E-state index contributed by atoms with van der Waals surface area (Å²) >= 11 is 0. The van der Waals surface area contributed by atoms with Gasteiger partial charge in [-0.25, -0.2) is 9.07 Å². The molecule has 25 heavy (non-hydrogen) atoms. The molecule has 1 aliphatic heterocycles. The molecule has 1 saturated heterocycles. The summed E-state index contributed by atoms with van der Waals surface area (Å²) in [5.74, 6) is -0.191. The van der Waals surface area contributed by atoms with E-state index in [0.717, 1.165) is 25.9 Å². The van der Waals surface area contributed by atoms with Crippen LogP contribution in [-0.2, 0) is 14.3 Å². The maximum Gasteiger partial charge on any atom is 0.254 e. The summed E-state index contributed by atoms with van der Waals surface area (Å²) in [7, 11) is 0. The summed E-state index contributed by atoms with van der Waals surface area (Å²) in [6.45, 7) is 2.85. The fourth-order valence-corrected chi connectivity index (χ4v) is 2.71. The summed E-state index contributed by atoms with van der Waals surface area (Å²) in [4.78, 5) is 12.3. The molecular formula is C18H22FN3O3. The van der Waals surface area contributed by atoms with Crippen molar-refractivity contribution < 1.29 is 18.7 Å². The molecule has 0 saturated carbocycles. The first kappa shape index (κ1) is 17.6. The summed E-state index contributed by atoms with van der Waals surface area (Å²) in [6.07, 6.45) is 4.14. The largest absolute Gasteiger partial charge is 0.376 e. The van der Waals surface area contributed by atoms with Gasteiger partial charge < -0.3 is 14.8 Å². The van der Waals surface area contributed by atoms with Crippen LogP contribution in [-0.4, -0.2) is 41.1 Å². The van der Waals surface area contributed by atoms with Crippen LogP contribution in [0.25, 0.3) is 5.69 Å². The normalized spacial score (nSPS) is 18.7. The number of nitrogens with one attached hydrogen (secondary N) is 1. The van der Waals surface area contributed by atoms with Crippen molar-refractivity contribution >= 4 is 11.7 Å². The van der Waals surface area contributed by atoms with Gasteiger partial charge in [0, 0.05) is 12.7 Å². The van der Waals surface area contributed by atoms with Gasteiger partial charge in [-0.2, -0.15) is 5.10 Å². The molecule has 1 amide bonds. The second-order valence-electron chi connectivity index (χ2n) is 6.06. The van der Waals surface area contributed by atoms with Gasteiger partial charge >= 0.3 is 0 Å². The predicted molar refractivity (Wildman–Crippen MR) is 91.2 cm³/mol. The summed E-state index contributed by atoms with van der Waals surface area (Å²) in [5, 5.41) is 6.90. The third-order valence-corrected chi connectivity index (χ3v) is 4.12. The highest BCUT2D eigenvalue weighted by molar-refractivity contribution is 5.93. The monoisotopic (exact) mass is 347 g/mol. The molecule has 0 aliphatic carbocycles. The molecule has 6 nitrogen and oxygen atoms in total. The Morgan fingerprint density at radius 1 is 1.48 bits per heavy atom. The molecular weight excluding hydrogens is 325 g/mol. The number of halogens is 1. The molecule has 2 atom stereocenters. The van der Waals surface area contributed by atoms with E-state index >= 15 is 0 Å². The van der Waals surface area contributed by atoms with E-state index in [0.29, 0.717) is 18.1 Å². The van der Waals surface area contributed by atoms with E-state index in [1.807, 2.05) is 0 Å². The molecule has 0 bridgehead atoms. The van der Waals surface area contributed by atoms with Gasteiger partial charge in [0.2, 0.25) is 0 Å². The van der Waals surface area contributed by atoms with E-state index in [4.69, 9.17) is 9.47 Å². The molecule has 134 valence electrons. The molecule has 1 fully saturated rings. The summed E-state index contributed by atoms with van der Waals surface area (Å²) < 4.78 is 26.1. The fraction of sp³-hybridized carbons (Fsp3) is 0.444. The van der Waals surface area contributed by atoms with Crippen LogP contribution in [0.2, 0.25) is 0 Å². The van der Waals surface area contributed by atoms with E-state index < -0.39 is 6.10 Å². The second-order valence-corrected chi connectivity index (χ2v) is 6.06. The maximum atomic E-state index is 13.4. The lowest BCUT2D eigenvalue weighted by atomic mass is 10.1. The molecule has 2 aromatic rings. The summed E-state index contributed by atoms with van der Waals surface area (Å²) in [5.41, 5.74) is 0.532. The van der Waals surface area contributed by atoms with Gasteiger partial charge in [-0.15, -0.1) is 0 Å². The third kappa shape index (κ3) is 4.64. The van der Waals surface area contributed by atoms with E-state index in [9.17, 15) is 9.18 Å². The van der Waals surface area contributed by atoms with Crippen molar-refractivity contribution in [2.24, 2.45) is 0 Å². The zero-order valence-corrected chi connectivity index (χ0v) is 14.2. The van der Waals surface area contributed by atoms with Crippen molar-refractivity contribution in [3.8, 4) is 5.69 Å². The molecule has 0 spiro atoms. The van der Waals surface area contributed by atoms with Gasteiger partial charge in [0.1, 0.15) is 17.7 Å². The van der Waals surface area contributed by atoms with Crippen LogP contribution >= 0.6 is 0 Å². The van der Waals surface area contributed by atoms with E-state index in [1.54, 1.807) is 31.3 Å². The third-order valence-electron chi connectivity index (χ3n) is 4.12. The number of aromatic nitrogens is 2. The zero-order chi connectivity index (χ0) is 17.6. The van der Waals surface area contributed by atoms with Crippen LogP contribution in [0.1, 0.15) is 26.2 Å². The van der Waals surface area contributed by atoms with Crippen LogP contribution in [0.4, 0.5) is 10.2 Å². The van der Waals surface area contributed by atoms with Crippen molar-refractivity contribution in [1.82, 2.24) is 9.78 Å². The van der Waals surface area contributed by atoms with Crippen LogP contribution in [0.3, 0.4) is 0 Å². The Hall–Kier alpha value is -2.25. The Bertz CT molecular complexity index is 713. The highest BCUT2D eigenvalue weighted by Gasteiger charge is 2.20. The standard InChI is InChI=1S/C18H22FN3O3/c1-13(25-12-16-7-2-3-10-24-16)18(23)21-17-8-9-20-22(17)15-6-4-5-14(19)11-15/h4-6,8-9,11,13,16H,2-3,7,10,12H2,1H3,(H,21,23)/t13-,16+/m1/s1. The average Bonchev–Trinajstić information content (AvgIpc) is 3.08. The maximum absolute atomic E-state index is 13.4. The lowest BCUT2D eigenvalue weighted by molar-refractivity contribution is -0.130. The van der Waals surface area contributed by atoms with Gasteiger partial charge in [-0.1, -0.05) is 6.07 Å². The van der Waals surface area contributed by atoms with Crippen molar-refractivity contribution in [3.05, 3.63) is 42.3 Å². The minimum absolute atomic E-state index is 0.0572. The number of nitrogens with zero attached hydrogens (tertiary/aromatic N) is 2. The van der Waals surface area contributed by atoms with Gasteiger partial charge in [-0.05, 0) is 44.4 Å². The number of ether oxygens (including phenoxy) is 2. The van der Waals surface area contributed by atoms with Crippen LogP contribution in [0.15, 0.2) is 36.5 Å². The number of anilines is 1. The highest BCUT2D eigenvalue weighted by atomic mass is 19.1. The van der Waals surface area contributed by atoms with Crippen molar-refractivity contribution in [2.45, 2.75) is 38.4 Å². The van der Waals surface area contributed by atoms with E-state index in [1.165, 1.54) is 16.8 Å². The number of amides is 1. The number of carbonyl (C=O) groups excluding carboxylic acids is 1. The highest BCUT2D eigenvalue weighted by Crippen LogP contribution is 2.17. The zero-order valence-electron chi connectivity index (χ0n) is 14.2. The molecule has 1 aromatic heterocycles. The topological polar surface area (TPSA) is 65.4 Å². The van der Waals surface area contributed by atoms with Gasteiger partial charge in [0.05, 0.1) is 24.6 Å². The van der Waals surface area contributed by atoms with Crippen LogP contribution in [0.5, 0.6) is 0 Å². The Morgan fingerprint density at radius 2 is 2.36 bits per heavy atom. The first-order valence-electron chi connectivity index (χ1n) is 8.47. The minimum Gasteiger partial charge on any atom is -0.376 e. The Kier molecular flexibility index (Phi) is 5.78. The molecule has 1 N–H and O–H groups in total. The van der Waals surface area contributed by atoms with E-state index in [2.05, 4.69) is 10.4 Å². The predicted octanol–water partition coefficient (Wildman–Crippen LogP) is 2.92. The SMILES string of the molecule is C[C@@H](OC[C@@H]1CCCCO1)C(=O)Nc1ccnn1-c1cccc(F)c1. The molecule has 3 rings (SSSR count). The van der Waals surface area contributed by atoms with Gasteiger partial charge in [0.15, 0.2) is 0 Å². The fourth-order valence-electron chi connectivity index (χ4n) is 2.71. The average molecular weight is 347 g/mol. The summed E-state index contributed by atoms with van der Waals surface area (Å²) in [6, 6.07) is 7.66. The first-order valence-corrected chi connectivity index (χ1v) is 8.47. The minimum atomic E-state index is -0.624. The quantitative estimate of drug-likeness (QED) is 0.873. The van der Waals surface area contributed by atoms with Crippen molar-refractivity contribution in [1.29, 1.82) is 0 Å². The Labute approximate surface area is 145 Å². The molecule has 1 aromatic carbocycles. The smallest absolute Gasteiger partial charge is 0.254 e. The Morgan fingerprint density at radius 3 is 3.12 bits per heavy atom. The molecule has 1 aliphatic rings. The second kappa shape index (κ2) is 8.22. The molecule has 7 heteroatoms. The van der Waals surface area contributed by atoms with E-state index in [-0.39, 0.29) is 17.8 Å². The van der Waals surface area contributed by atoms with Crippen molar-refractivity contribution in [3.63, 3.8) is 0 Å². The first-order chi connectivity index (χ1) is 12.1. The van der Waals surface area contributed by atoms with Gasteiger partial charge in [0.25, 0.3) is 5.91 Å². The van der Waals surface area contributed by atoms with Crippen molar-refractivity contribution in [2.75, 3.05) is 18.5 Å². The Balaban J connectivity index is 1.58. The van der Waals surface area contributed by atoms with Gasteiger partial charge in [-0.3, -0.25) is 4.79 Å². The number of hydrogen-bond acceptors (Lipinski definition) is 4. The van der Waals surface area contributed by atoms with Crippen LogP contribution < -0.4 is 5.32 Å². The number of benzene rings is 1.